The summed E-state index contributed by atoms with van der Waals surface area (Å²) in [6.45, 7) is 2.54. The molecule has 4 heteroatoms. The molecule has 1 heterocycles. The van der Waals surface area contributed by atoms with Crippen LogP contribution >= 0.6 is 0 Å². The maximum atomic E-state index is 12.8. The summed E-state index contributed by atoms with van der Waals surface area (Å²) in [5, 5.41) is 11.3. The lowest BCUT2D eigenvalue weighted by molar-refractivity contribution is -0.121. The summed E-state index contributed by atoms with van der Waals surface area (Å²) in [5.74, 6) is 0.642. The molecule has 0 fully saturated rings. The number of ether oxygens (including phenoxy) is 1. The second-order valence-corrected chi connectivity index (χ2v) is 7.83. The molecule has 0 atom stereocenters. The number of rotatable bonds is 3. The Labute approximate surface area is 180 Å². The van der Waals surface area contributed by atoms with E-state index in [1.165, 1.54) is 5.56 Å². The van der Waals surface area contributed by atoms with E-state index in [4.69, 9.17) is 4.74 Å². The lowest BCUT2D eigenvalue weighted by atomic mass is 10.0. The molecular formula is C27H20N2O2. The number of aryl methyl sites for hydroxylation is 1. The Kier molecular flexibility index (Phi) is 4.65. The van der Waals surface area contributed by atoms with E-state index in [0.717, 1.165) is 33.2 Å². The number of fused-ring (bicyclic) bond motifs is 2. The van der Waals surface area contributed by atoms with E-state index in [1.54, 1.807) is 4.90 Å². The zero-order valence-corrected chi connectivity index (χ0v) is 17.1. The first-order valence-corrected chi connectivity index (χ1v) is 10.2. The van der Waals surface area contributed by atoms with Crippen molar-refractivity contribution < 1.29 is 9.53 Å². The second-order valence-electron chi connectivity index (χ2n) is 7.83. The highest BCUT2D eigenvalue weighted by atomic mass is 16.5. The smallest absolute Gasteiger partial charge is 0.265 e. The topological polar surface area (TPSA) is 53.3 Å². The Balaban J connectivity index is 1.53. The van der Waals surface area contributed by atoms with Crippen LogP contribution in [0.1, 0.15) is 16.7 Å². The Hall–Kier alpha value is -4.10. The van der Waals surface area contributed by atoms with Gasteiger partial charge in [0.15, 0.2) is 6.61 Å². The minimum Gasteiger partial charge on any atom is -0.482 e. The van der Waals surface area contributed by atoms with Crippen molar-refractivity contribution in [2.24, 2.45) is 0 Å². The molecule has 0 radical (unpaired) electrons. The molecule has 0 aliphatic carbocycles. The SMILES string of the molecule is Cc1cccc(-c2ccc3c(c2)N(Cc2ccc4ccc(C#N)cc4c2)C(=O)CO3)c1. The highest BCUT2D eigenvalue weighted by Crippen LogP contribution is 2.37. The van der Waals surface area contributed by atoms with E-state index in [2.05, 4.69) is 31.2 Å². The first-order valence-electron chi connectivity index (χ1n) is 10.2. The van der Waals surface area contributed by atoms with Gasteiger partial charge in [0.25, 0.3) is 5.91 Å². The van der Waals surface area contributed by atoms with Gasteiger partial charge in [0, 0.05) is 0 Å². The van der Waals surface area contributed by atoms with Crippen molar-refractivity contribution in [2.45, 2.75) is 13.5 Å². The first kappa shape index (κ1) is 18.9. The van der Waals surface area contributed by atoms with Crippen LogP contribution in [0.25, 0.3) is 21.9 Å². The summed E-state index contributed by atoms with van der Waals surface area (Å²) < 4.78 is 5.69. The Morgan fingerprint density at radius 2 is 1.77 bits per heavy atom. The Morgan fingerprint density at radius 3 is 2.61 bits per heavy atom. The van der Waals surface area contributed by atoms with Crippen molar-refractivity contribution in [1.29, 1.82) is 5.26 Å². The number of carbonyl (C=O) groups excluding carboxylic acids is 1. The third-order valence-corrected chi connectivity index (χ3v) is 5.63. The molecule has 150 valence electrons. The van der Waals surface area contributed by atoms with Gasteiger partial charge < -0.3 is 9.64 Å². The van der Waals surface area contributed by atoms with E-state index in [-0.39, 0.29) is 12.5 Å². The number of nitriles is 1. The van der Waals surface area contributed by atoms with E-state index in [9.17, 15) is 10.1 Å². The maximum absolute atomic E-state index is 12.8. The van der Waals surface area contributed by atoms with Crippen LogP contribution in [-0.2, 0) is 11.3 Å². The lowest BCUT2D eigenvalue weighted by Gasteiger charge is -2.30. The van der Waals surface area contributed by atoms with Gasteiger partial charge in [0.1, 0.15) is 5.75 Å². The van der Waals surface area contributed by atoms with Crippen molar-refractivity contribution in [3.8, 4) is 22.9 Å². The molecule has 4 nitrogen and oxygen atoms in total. The molecule has 5 rings (SSSR count). The van der Waals surface area contributed by atoms with Crippen molar-refractivity contribution >= 4 is 22.4 Å². The Morgan fingerprint density at radius 1 is 0.935 bits per heavy atom. The molecule has 0 saturated carbocycles. The third kappa shape index (κ3) is 3.62. The molecule has 0 saturated heterocycles. The van der Waals surface area contributed by atoms with Crippen LogP contribution in [0.5, 0.6) is 5.75 Å². The van der Waals surface area contributed by atoms with Crippen LogP contribution in [0, 0.1) is 18.3 Å². The molecule has 0 unspecified atom stereocenters. The summed E-state index contributed by atoms with van der Waals surface area (Å²) in [5.41, 5.74) is 5.75. The van der Waals surface area contributed by atoms with Gasteiger partial charge in [-0.3, -0.25) is 4.79 Å². The average Bonchev–Trinajstić information content (AvgIpc) is 2.80. The van der Waals surface area contributed by atoms with E-state index in [1.807, 2.05) is 60.7 Å². The van der Waals surface area contributed by atoms with Crippen molar-refractivity contribution in [3.05, 3.63) is 95.6 Å². The highest BCUT2D eigenvalue weighted by Gasteiger charge is 2.26. The van der Waals surface area contributed by atoms with Gasteiger partial charge in [-0.25, -0.2) is 0 Å². The number of benzene rings is 4. The minimum atomic E-state index is -0.0697. The summed E-state index contributed by atoms with van der Waals surface area (Å²) >= 11 is 0. The van der Waals surface area contributed by atoms with Gasteiger partial charge in [0.2, 0.25) is 0 Å². The number of nitrogens with zero attached hydrogens (tertiary/aromatic N) is 2. The fraction of sp³-hybridized carbons (Fsp3) is 0.111. The van der Waals surface area contributed by atoms with Crippen LogP contribution in [0.2, 0.25) is 0 Å². The molecule has 0 aromatic heterocycles. The normalized spacial score (nSPS) is 12.9. The van der Waals surface area contributed by atoms with Gasteiger partial charge in [-0.05, 0) is 64.7 Å². The van der Waals surface area contributed by atoms with Gasteiger partial charge in [-0.1, -0.05) is 54.1 Å². The zero-order chi connectivity index (χ0) is 21.4. The third-order valence-electron chi connectivity index (χ3n) is 5.63. The van der Waals surface area contributed by atoms with Gasteiger partial charge in [0.05, 0.1) is 23.9 Å². The minimum absolute atomic E-state index is 0.0307. The highest BCUT2D eigenvalue weighted by molar-refractivity contribution is 5.98. The predicted molar refractivity (Wildman–Crippen MR) is 122 cm³/mol. The van der Waals surface area contributed by atoms with Crippen LogP contribution in [0.15, 0.2) is 78.9 Å². The molecule has 1 aliphatic heterocycles. The van der Waals surface area contributed by atoms with Crippen LogP contribution in [-0.4, -0.2) is 12.5 Å². The van der Waals surface area contributed by atoms with Gasteiger partial charge >= 0.3 is 0 Å². The molecule has 4 aromatic rings. The number of anilines is 1. The first-order chi connectivity index (χ1) is 15.1. The van der Waals surface area contributed by atoms with Crippen molar-refractivity contribution in [2.75, 3.05) is 11.5 Å². The Bertz CT molecular complexity index is 1370. The quantitative estimate of drug-likeness (QED) is 0.446. The van der Waals surface area contributed by atoms with Crippen molar-refractivity contribution in [1.82, 2.24) is 0 Å². The molecule has 4 aromatic carbocycles. The molecule has 1 aliphatic rings. The number of amides is 1. The van der Waals surface area contributed by atoms with E-state index < -0.39 is 0 Å². The predicted octanol–water partition coefficient (Wildman–Crippen LogP) is 5.61. The fourth-order valence-corrected chi connectivity index (χ4v) is 4.03. The van der Waals surface area contributed by atoms with E-state index in [0.29, 0.717) is 17.9 Å². The zero-order valence-electron chi connectivity index (χ0n) is 17.1. The number of carbonyl (C=O) groups is 1. The lowest BCUT2D eigenvalue weighted by Crippen LogP contribution is -2.38. The number of hydrogen-bond donors (Lipinski definition) is 0. The molecule has 0 bridgehead atoms. The summed E-state index contributed by atoms with van der Waals surface area (Å²) in [6.07, 6.45) is 0. The second kappa shape index (κ2) is 7.62. The molecule has 0 N–H and O–H groups in total. The average molecular weight is 404 g/mol. The fourth-order valence-electron chi connectivity index (χ4n) is 4.03. The molecular weight excluding hydrogens is 384 g/mol. The van der Waals surface area contributed by atoms with Crippen LogP contribution in [0.4, 0.5) is 5.69 Å². The molecule has 1 amide bonds. The van der Waals surface area contributed by atoms with E-state index >= 15 is 0 Å². The summed E-state index contributed by atoms with van der Waals surface area (Å²) in [7, 11) is 0. The largest absolute Gasteiger partial charge is 0.482 e. The monoisotopic (exact) mass is 404 g/mol. The van der Waals surface area contributed by atoms with Crippen LogP contribution in [0.3, 0.4) is 0 Å². The van der Waals surface area contributed by atoms with Gasteiger partial charge in [-0.2, -0.15) is 5.26 Å². The maximum Gasteiger partial charge on any atom is 0.265 e. The molecule has 31 heavy (non-hydrogen) atoms. The summed E-state index contributed by atoms with van der Waals surface area (Å²) in [6, 6.07) is 28.2. The standard InChI is InChI=1S/C27H20N2O2/c1-18-3-2-4-22(11-18)23-9-10-26-25(14-23)29(27(30)17-31-26)16-20-6-8-21-7-5-19(15-28)12-24(21)13-20/h2-14H,16-17H2,1H3. The summed E-state index contributed by atoms with van der Waals surface area (Å²) in [4.78, 5) is 14.6. The van der Waals surface area contributed by atoms with Crippen molar-refractivity contribution in [3.63, 3.8) is 0 Å². The molecule has 0 spiro atoms. The number of hydrogen-bond acceptors (Lipinski definition) is 3. The van der Waals surface area contributed by atoms with Crippen LogP contribution < -0.4 is 9.64 Å². The van der Waals surface area contributed by atoms with Gasteiger partial charge in [-0.15, -0.1) is 0 Å².